The van der Waals surface area contributed by atoms with Crippen LogP contribution in [0.1, 0.15) is 309 Å². The van der Waals surface area contributed by atoms with E-state index in [1.54, 1.807) is 0 Å². The molecule has 0 radical (unpaired) electrons. The van der Waals surface area contributed by atoms with E-state index in [2.05, 4.69) is 172 Å². The van der Waals surface area contributed by atoms with Crippen LogP contribution in [0.15, 0.2) is 158 Å². The molecule has 2 atom stereocenters. The molecule has 0 amide bonds. The maximum Gasteiger partial charge on any atom is 0.306 e. The fourth-order valence-electron chi connectivity index (χ4n) is 10.3. The number of hydrogen-bond donors (Lipinski definition) is 0. The van der Waals surface area contributed by atoms with Gasteiger partial charge < -0.3 is 27.9 Å². The maximum absolute atomic E-state index is 12.9. The fraction of sp³-hybridized carbons (Fsp3) is 0.667. The SMILES string of the molecule is CC/C=C\C/C=C\C/C=C\C/C=C\C/C=C\C/C=C\C/C=C\C/C=C\CCCCCCCCCCCCCCCCC(=O)OC(COC(=O)CCCCCCCCCCCCCCCCC/C=C\C/C=C\C/C=C\C/C=C\C/C=C\CC)COP(=O)([O-])OCC[N+](C)(C)C. The molecule has 94 heavy (non-hydrogen) atoms. The number of esters is 2. The topological polar surface area (TPSA) is 111 Å². The maximum atomic E-state index is 12.9. The molecule has 0 aliphatic rings. The number of hydrogen-bond acceptors (Lipinski definition) is 8. The highest BCUT2D eigenvalue weighted by Crippen LogP contribution is 2.38. The number of rotatable bonds is 69. The van der Waals surface area contributed by atoms with Gasteiger partial charge in [-0.3, -0.25) is 14.2 Å². The second kappa shape index (κ2) is 72.9. The lowest BCUT2D eigenvalue weighted by atomic mass is 10.0. The summed E-state index contributed by atoms with van der Waals surface area (Å²) in [5.41, 5.74) is 0. The molecule has 0 saturated carbocycles. The Morgan fingerprint density at radius 3 is 0.851 bits per heavy atom. The van der Waals surface area contributed by atoms with Crippen molar-refractivity contribution >= 4 is 19.8 Å². The summed E-state index contributed by atoms with van der Waals surface area (Å²) >= 11 is 0. The molecular weight excluding hydrogens is 1180 g/mol. The van der Waals surface area contributed by atoms with Crippen molar-refractivity contribution in [2.75, 3.05) is 47.5 Å². The average Bonchev–Trinajstić information content (AvgIpc) is 1.56. The van der Waals surface area contributed by atoms with Crippen molar-refractivity contribution in [2.45, 2.75) is 315 Å². The Kier molecular flexibility index (Phi) is 69.5. The number of ether oxygens (including phenoxy) is 2. The summed E-state index contributed by atoms with van der Waals surface area (Å²) in [5, 5.41) is 0. The minimum atomic E-state index is -4.65. The summed E-state index contributed by atoms with van der Waals surface area (Å²) in [5.74, 6) is -0.832. The number of nitrogens with zero attached hydrogens (tertiary/aromatic N) is 1. The van der Waals surface area contributed by atoms with E-state index in [0.717, 1.165) is 122 Å². The van der Waals surface area contributed by atoms with Gasteiger partial charge in [-0.1, -0.05) is 332 Å². The second-order valence-corrected chi connectivity index (χ2v) is 27.7. The number of phosphoric ester groups is 1. The zero-order valence-corrected chi connectivity index (χ0v) is 62.0. The van der Waals surface area contributed by atoms with Gasteiger partial charge in [0.1, 0.15) is 19.8 Å². The molecule has 0 aromatic carbocycles. The van der Waals surface area contributed by atoms with Crippen molar-refractivity contribution in [1.29, 1.82) is 0 Å². The third-order valence-electron chi connectivity index (χ3n) is 16.0. The smallest absolute Gasteiger partial charge is 0.306 e. The van der Waals surface area contributed by atoms with Gasteiger partial charge in [0.2, 0.25) is 0 Å². The van der Waals surface area contributed by atoms with Crippen LogP contribution >= 0.6 is 7.82 Å². The van der Waals surface area contributed by atoms with Gasteiger partial charge in [-0.05, 0) is 122 Å². The molecular formula is C84H142NO8P. The van der Waals surface area contributed by atoms with Gasteiger partial charge in [0.15, 0.2) is 6.10 Å². The quantitative estimate of drug-likeness (QED) is 0.0195. The molecule has 2 unspecified atom stereocenters. The molecule has 0 aliphatic heterocycles. The molecule has 10 heteroatoms. The monoisotopic (exact) mass is 1320 g/mol. The van der Waals surface area contributed by atoms with Gasteiger partial charge in [0.05, 0.1) is 27.7 Å². The van der Waals surface area contributed by atoms with Crippen molar-refractivity contribution in [1.82, 2.24) is 0 Å². The molecule has 0 rings (SSSR count). The van der Waals surface area contributed by atoms with E-state index in [1.165, 1.54) is 154 Å². The summed E-state index contributed by atoms with van der Waals surface area (Å²) in [7, 11) is 1.16. The van der Waals surface area contributed by atoms with Gasteiger partial charge in [-0.15, -0.1) is 0 Å². The summed E-state index contributed by atoms with van der Waals surface area (Å²) in [6, 6.07) is 0. The molecule has 0 heterocycles. The molecule has 536 valence electrons. The lowest BCUT2D eigenvalue weighted by Gasteiger charge is -2.28. The number of allylic oxidation sites excluding steroid dienone is 26. The van der Waals surface area contributed by atoms with E-state index in [-0.39, 0.29) is 32.0 Å². The molecule has 0 spiro atoms. The lowest BCUT2D eigenvalue weighted by molar-refractivity contribution is -0.870. The second-order valence-electron chi connectivity index (χ2n) is 26.3. The minimum Gasteiger partial charge on any atom is -0.756 e. The van der Waals surface area contributed by atoms with Gasteiger partial charge in [0.25, 0.3) is 7.82 Å². The highest BCUT2D eigenvalue weighted by atomic mass is 31.2. The zero-order valence-electron chi connectivity index (χ0n) is 61.1. The van der Waals surface area contributed by atoms with Crippen LogP contribution in [0, 0.1) is 0 Å². The van der Waals surface area contributed by atoms with Crippen molar-refractivity contribution in [2.24, 2.45) is 0 Å². The number of carbonyl (C=O) groups excluding carboxylic acids is 2. The van der Waals surface area contributed by atoms with E-state index in [9.17, 15) is 19.0 Å². The number of likely N-dealkylation sites (N-methyl/N-ethyl adjacent to an activating group) is 1. The number of phosphoric acid groups is 1. The average molecular weight is 1330 g/mol. The highest BCUT2D eigenvalue weighted by Gasteiger charge is 2.22. The standard InChI is InChI=1S/C84H142NO8P/c1-6-8-10-12-14-16-18-20-22-24-26-28-30-32-34-36-38-39-40-41-42-43-44-45-47-49-51-53-55-57-59-61-63-65-67-69-71-73-75-77-84(87)93-82(81-92-94(88,89)91-79-78-85(3,4)5)80-90-83(86)76-74-72-70-68-66-64-62-60-58-56-54-52-50-48-46-37-35-33-31-29-27-25-23-21-19-17-15-13-11-9-7-2/h8-11,14-17,20-23,26-29,32-35,38-39,41-42,44-45,82H,6-7,12-13,18-19,24-25,30-31,36-37,40,43,46-81H2,1-5H3/b10-8-,11-9-,16-14-,17-15-,22-20-,23-21-,28-26-,29-27-,34-32-,35-33-,39-38-,42-41-,45-44-. The van der Waals surface area contributed by atoms with Crippen LogP contribution < -0.4 is 4.89 Å². The Hall–Kier alpha value is -4.37. The van der Waals surface area contributed by atoms with Crippen molar-refractivity contribution in [3.8, 4) is 0 Å². The first-order valence-electron chi connectivity index (χ1n) is 38.2. The van der Waals surface area contributed by atoms with Crippen LogP contribution in [-0.4, -0.2) is 70.0 Å². The van der Waals surface area contributed by atoms with Gasteiger partial charge >= 0.3 is 11.9 Å². The molecule has 0 fully saturated rings. The van der Waals surface area contributed by atoms with Crippen LogP contribution in [0.25, 0.3) is 0 Å². The van der Waals surface area contributed by atoms with Gasteiger partial charge in [0, 0.05) is 12.8 Å². The van der Waals surface area contributed by atoms with E-state index in [1.807, 2.05) is 21.1 Å². The van der Waals surface area contributed by atoms with Gasteiger partial charge in [-0.25, -0.2) is 0 Å². The first-order valence-corrected chi connectivity index (χ1v) is 39.7. The predicted octanol–water partition coefficient (Wildman–Crippen LogP) is 24.9. The molecule has 9 nitrogen and oxygen atoms in total. The van der Waals surface area contributed by atoms with Crippen LogP contribution in [0.5, 0.6) is 0 Å². The molecule has 0 aliphatic carbocycles. The summed E-state index contributed by atoms with van der Waals surface area (Å²) < 4.78 is 34.4. The van der Waals surface area contributed by atoms with Crippen LogP contribution in [0.3, 0.4) is 0 Å². The van der Waals surface area contributed by atoms with Gasteiger partial charge in [-0.2, -0.15) is 0 Å². The van der Waals surface area contributed by atoms with Crippen LogP contribution in [-0.2, 0) is 32.7 Å². The Morgan fingerprint density at radius 1 is 0.330 bits per heavy atom. The Morgan fingerprint density at radius 2 is 0.574 bits per heavy atom. The first-order chi connectivity index (χ1) is 46.0. The minimum absolute atomic E-state index is 0.0362. The van der Waals surface area contributed by atoms with E-state index >= 15 is 0 Å². The molecule has 0 N–H and O–H groups in total. The highest BCUT2D eigenvalue weighted by molar-refractivity contribution is 7.45. The van der Waals surface area contributed by atoms with Crippen molar-refractivity contribution in [3.05, 3.63) is 158 Å². The first kappa shape index (κ1) is 89.6. The van der Waals surface area contributed by atoms with E-state index in [4.69, 9.17) is 18.5 Å². The number of unbranched alkanes of at least 4 members (excludes halogenated alkanes) is 29. The summed E-state index contributed by atoms with van der Waals surface area (Å²) in [6.45, 7) is 4.03. The number of quaternary nitrogens is 1. The zero-order chi connectivity index (χ0) is 68.3. The normalized spacial score (nSPS) is 14.0. The van der Waals surface area contributed by atoms with Crippen molar-refractivity contribution < 1.29 is 42.1 Å². The molecule has 0 saturated heterocycles. The summed E-state index contributed by atoms with van der Waals surface area (Å²) in [6.07, 6.45) is 109. The molecule has 0 aromatic heterocycles. The Balaban J connectivity index is 4.03. The van der Waals surface area contributed by atoms with Crippen LogP contribution in [0.4, 0.5) is 0 Å². The largest absolute Gasteiger partial charge is 0.756 e. The third-order valence-corrected chi connectivity index (χ3v) is 17.0. The summed E-state index contributed by atoms with van der Waals surface area (Å²) in [4.78, 5) is 38.2. The fourth-order valence-corrected chi connectivity index (χ4v) is 11.0. The predicted molar refractivity (Wildman–Crippen MR) is 406 cm³/mol. The van der Waals surface area contributed by atoms with Crippen LogP contribution in [0.2, 0.25) is 0 Å². The van der Waals surface area contributed by atoms with E-state index in [0.29, 0.717) is 17.4 Å². The number of carbonyl (C=O) groups is 2. The third kappa shape index (κ3) is 76.6. The van der Waals surface area contributed by atoms with Crippen molar-refractivity contribution in [3.63, 3.8) is 0 Å². The molecule has 0 aromatic rings. The Labute approximate surface area is 579 Å². The van der Waals surface area contributed by atoms with E-state index < -0.39 is 26.5 Å². The Bertz CT molecular complexity index is 2150. The lowest BCUT2D eigenvalue weighted by Crippen LogP contribution is -2.37. The molecule has 0 bridgehead atoms.